The second-order valence-electron chi connectivity index (χ2n) is 6.74. The molecule has 0 aliphatic rings. The first-order chi connectivity index (χ1) is 15.7. The van der Waals surface area contributed by atoms with Gasteiger partial charge in [-0.1, -0.05) is 36.4 Å². The quantitative estimate of drug-likeness (QED) is 0.207. The molecule has 0 aliphatic carbocycles. The zero-order chi connectivity index (χ0) is 27.1. The van der Waals surface area contributed by atoms with E-state index in [1.54, 1.807) is 0 Å². The lowest BCUT2D eigenvalue weighted by Crippen LogP contribution is -2.72. The van der Waals surface area contributed by atoms with Gasteiger partial charge in [-0.3, -0.25) is 0 Å². The van der Waals surface area contributed by atoms with Crippen LogP contribution in [0, 0.1) is 0 Å². The Morgan fingerprint density at radius 1 is 0.343 bits per heavy atom. The van der Waals surface area contributed by atoms with Gasteiger partial charge >= 0.3 is 40.1 Å². The van der Waals surface area contributed by atoms with Crippen molar-refractivity contribution in [3.8, 4) is 0 Å². The minimum atomic E-state index is -8.09. The summed E-state index contributed by atoms with van der Waals surface area (Å²) >= 11 is -2.92. The average Bonchev–Trinajstić information content (AvgIpc) is 2.73. The Morgan fingerprint density at radius 3 is 0.829 bits per heavy atom. The first kappa shape index (κ1) is 29.4. The predicted octanol–water partition coefficient (Wildman–Crippen LogP) is 8.93. The van der Waals surface area contributed by atoms with Crippen LogP contribution < -0.4 is 0 Å². The molecule has 196 valence electrons. The fourth-order valence-corrected chi connectivity index (χ4v) is 4.05. The smallest absolute Gasteiger partial charge is 0.192 e. The summed E-state index contributed by atoms with van der Waals surface area (Å²) in [6, 6.07) is 8.58. The highest BCUT2D eigenvalue weighted by Crippen LogP contribution is 2.65. The van der Waals surface area contributed by atoms with Crippen molar-refractivity contribution in [2.75, 3.05) is 0 Å². The molecule has 35 heavy (non-hydrogen) atoms. The molecule has 0 aliphatic heterocycles. The summed E-state index contributed by atoms with van der Waals surface area (Å²) in [7, 11) is 0. The highest BCUT2D eigenvalue weighted by molar-refractivity contribution is 8.00. The van der Waals surface area contributed by atoms with E-state index in [9.17, 15) is 61.5 Å². The van der Waals surface area contributed by atoms with E-state index >= 15 is 0 Å². The summed E-state index contributed by atoms with van der Waals surface area (Å²) in [5.41, 5.74) is 0. The molecule has 0 nitrogen and oxygen atoms in total. The number of thioether (sulfide) groups is 2. The van der Waals surface area contributed by atoms with Crippen LogP contribution >= 0.6 is 23.5 Å². The van der Waals surface area contributed by atoms with E-state index < -0.39 is 73.4 Å². The van der Waals surface area contributed by atoms with Crippen LogP contribution in [-0.4, -0.2) is 40.1 Å². The second kappa shape index (κ2) is 9.23. The van der Waals surface area contributed by atoms with Crippen LogP contribution in [0.3, 0.4) is 0 Å². The van der Waals surface area contributed by atoms with Crippen molar-refractivity contribution in [2.45, 2.75) is 49.9 Å². The van der Waals surface area contributed by atoms with Crippen LogP contribution in [-0.2, 0) is 0 Å². The van der Waals surface area contributed by atoms with E-state index in [0.717, 1.165) is 36.4 Å². The normalized spacial score (nSPS) is 14.8. The van der Waals surface area contributed by atoms with Gasteiger partial charge in [-0.15, -0.1) is 0 Å². The fraction of sp³-hybridized carbons (Fsp3) is 0.368. The van der Waals surface area contributed by atoms with Crippen molar-refractivity contribution in [2.24, 2.45) is 0 Å². The Balaban J connectivity index is 2.49. The maximum atomic E-state index is 14.0. The van der Waals surface area contributed by atoms with Crippen LogP contribution in [0.25, 0.3) is 0 Å². The molecule has 0 amide bonds. The molecule has 2 rings (SSSR count). The van der Waals surface area contributed by atoms with Crippen LogP contribution in [0.2, 0.25) is 0 Å². The summed E-state index contributed by atoms with van der Waals surface area (Å²) in [5, 5.41) is -12.6. The summed E-state index contributed by atoms with van der Waals surface area (Å²) < 4.78 is 195. The Kier molecular flexibility index (Phi) is 7.75. The molecular formula is C19H10F14S2. The van der Waals surface area contributed by atoms with Crippen LogP contribution in [0.1, 0.15) is 0 Å². The van der Waals surface area contributed by atoms with E-state index in [0.29, 0.717) is 24.3 Å². The molecule has 16 heteroatoms. The van der Waals surface area contributed by atoms with Gasteiger partial charge in [0.05, 0.1) is 0 Å². The van der Waals surface area contributed by atoms with Gasteiger partial charge in [0.15, 0.2) is 0 Å². The van der Waals surface area contributed by atoms with Gasteiger partial charge in [0.1, 0.15) is 0 Å². The van der Waals surface area contributed by atoms with E-state index in [2.05, 4.69) is 0 Å². The Morgan fingerprint density at radius 2 is 0.571 bits per heavy atom. The van der Waals surface area contributed by atoms with Crippen molar-refractivity contribution in [3.63, 3.8) is 0 Å². The zero-order valence-corrected chi connectivity index (χ0v) is 18.0. The topological polar surface area (TPSA) is 0 Å². The summed E-state index contributed by atoms with van der Waals surface area (Å²) in [6.07, 6.45) is 0. The first-order valence-electron chi connectivity index (χ1n) is 8.78. The second-order valence-corrected chi connectivity index (χ2v) is 9.11. The van der Waals surface area contributed by atoms with E-state index in [1.165, 1.54) is 0 Å². The van der Waals surface area contributed by atoms with Gasteiger partial charge in [-0.25, -0.2) is 0 Å². The van der Waals surface area contributed by atoms with Gasteiger partial charge in [0, 0.05) is 9.79 Å². The first-order valence-corrected chi connectivity index (χ1v) is 10.4. The Hall–Kier alpha value is -1.84. The van der Waals surface area contributed by atoms with Gasteiger partial charge in [0.2, 0.25) is 0 Å². The molecule has 0 N–H and O–H groups in total. The average molecular weight is 568 g/mol. The zero-order valence-electron chi connectivity index (χ0n) is 16.4. The molecule has 0 spiro atoms. The Bertz CT molecular complexity index is 914. The Labute approximate surface area is 196 Å². The van der Waals surface area contributed by atoms with E-state index in [1.807, 2.05) is 0 Å². The molecular weight excluding hydrogens is 558 g/mol. The summed E-state index contributed by atoms with van der Waals surface area (Å²) in [5.74, 6) is -38.8. The number of halogens is 14. The molecule has 0 unspecified atom stereocenters. The highest BCUT2D eigenvalue weighted by Gasteiger charge is 2.93. The molecule has 0 atom stereocenters. The summed E-state index contributed by atoms with van der Waals surface area (Å²) in [6.45, 7) is 0. The van der Waals surface area contributed by atoms with Crippen molar-refractivity contribution in [1.29, 1.82) is 0 Å². The lowest BCUT2D eigenvalue weighted by Gasteiger charge is -2.42. The lowest BCUT2D eigenvalue weighted by atomic mass is 9.94. The molecule has 0 fully saturated rings. The van der Waals surface area contributed by atoms with Crippen LogP contribution in [0.5, 0.6) is 0 Å². The van der Waals surface area contributed by atoms with Gasteiger partial charge in [0.25, 0.3) is 0 Å². The third kappa shape index (κ3) is 4.79. The molecule has 2 aromatic carbocycles. The number of hydrogen-bond acceptors (Lipinski definition) is 2. The maximum Gasteiger partial charge on any atom is 0.388 e. The largest absolute Gasteiger partial charge is 0.388 e. The SMILES string of the molecule is FC(F)(Sc1ccccc1)C(F)(F)C(F)(F)C(F)(F)C(F)(F)C(F)(F)C(F)(F)Sc1ccccc1. The number of hydrogen-bond donors (Lipinski definition) is 0. The minimum Gasteiger partial charge on any atom is -0.192 e. The number of benzene rings is 2. The molecule has 0 saturated heterocycles. The highest BCUT2D eigenvalue weighted by atomic mass is 32.2. The molecule has 0 heterocycles. The van der Waals surface area contributed by atoms with Crippen molar-refractivity contribution in [3.05, 3.63) is 60.7 Å². The van der Waals surface area contributed by atoms with Crippen molar-refractivity contribution < 1.29 is 61.5 Å². The lowest BCUT2D eigenvalue weighted by molar-refractivity contribution is -0.427. The molecule has 2 aromatic rings. The molecule has 0 aromatic heterocycles. The van der Waals surface area contributed by atoms with Crippen molar-refractivity contribution >= 4 is 23.5 Å². The molecule has 0 bridgehead atoms. The maximum absolute atomic E-state index is 14.0. The number of alkyl halides is 14. The minimum absolute atomic E-state index is 0.634. The van der Waals surface area contributed by atoms with Gasteiger partial charge in [-0.2, -0.15) is 61.5 Å². The molecule has 0 radical (unpaired) electrons. The fourth-order valence-electron chi connectivity index (χ4n) is 2.36. The van der Waals surface area contributed by atoms with Crippen LogP contribution in [0.15, 0.2) is 70.5 Å². The third-order valence-electron chi connectivity index (χ3n) is 4.29. The van der Waals surface area contributed by atoms with Gasteiger partial charge in [-0.05, 0) is 47.8 Å². The predicted molar refractivity (Wildman–Crippen MR) is 99.2 cm³/mol. The van der Waals surface area contributed by atoms with E-state index in [4.69, 9.17) is 0 Å². The molecule has 0 saturated carbocycles. The number of rotatable bonds is 10. The third-order valence-corrected chi connectivity index (χ3v) is 6.33. The van der Waals surface area contributed by atoms with Crippen molar-refractivity contribution in [1.82, 2.24) is 0 Å². The van der Waals surface area contributed by atoms with Crippen LogP contribution in [0.4, 0.5) is 61.5 Å². The standard InChI is InChI=1S/C19H10F14S2/c20-13(21,14(22,23)16(26,27)18(30,31)34-11-7-3-1-4-8-11)15(24,25)17(28,29)19(32,33)35-12-9-5-2-6-10-12/h1-10H. The summed E-state index contributed by atoms with van der Waals surface area (Å²) in [4.78, 5) is -1.83. The van der Waals surface area contributed by atoms with E-state index in [-0.39, 0.29) is 0 Å². The monoisotopic (exact) mass is 568 g/mol. The van der Waals surface area contributed by atoms with Gasteiger partial charge < -0.3 is 0 Å².